The van der Waals surface area contributed by atoms with Gasteiger partial charge in [-0.3, -0.25) is 14.5 Å². The van der Waals surface area contributed by atoms with E-state index >= 15 is 0 Å². The van der Waals surface area contributed by atoms with Gasteiger partial charge in [0.2, 0.25) is 5.91 Å². The van der Waals surface area contributed by atoms with Gasteiger partial charge in [0.15, 0.2) is 0 Å². The molecule has 1 saturated heterocycles. The topological polar surface area (TPSA) is 69.7 Å². The van der Waals surface area contributed by atoms with E-state index in [1.165, 1.54) is 42.6 Å². The van der Waals surface area contributed by atoms with Crippen LogP contribution in [0.1, 0.15) is 81.8 Å². The molecule has 2 heterocycles. The number of imide groups is 1. The van der Waals surface area contributed by atoms with Gasteiger partial charge in [-0.1, -0.05) is 62.8 Å². The highest BCUT2D eigenvalue weighted by Gasteiger charge is 2.46. The van der Waals surface area contributed by atoms with Crippen molar-refractivity contribution in [2.45, 2.75) is 95.7 Å². The summed E-state index contributed by atoms with van der Waals surface area (Å²) in [5.74, 6) is 0.0790. The first-order valence-electron chi connectivity index (χ1n) is 12.1. The van der Waals surface area contributed by atoms with E-state index in [9.17, 15) is 14.4 Å². The first-order valence-corrected chi connectivity index (χ1v) is 12.1. The molecule has 1 saturated carbocycles. The smallest absolute Gasteiger partial charge is 0.327 e. The zero-order chi connectivity index (χ0) is 21.6. The summed E-state index contributed by atoms with van der Waals surface area (Å²) in [5, 5.41) is 3.21. The van der Waals surface area contributed by atoms with Gasteiger partial charge in [0.05, 0.1) is 0 Å². The van der Waals surface area contributed by atoms with Crippen molar-refractivity contribution in [1.82, 2.24) is 15.1 Å². The van der Waals surface area contributed by atoms with Crippen LogP contribution >= 0.6 is 0 Å². The number of urea groups is 1. The van der Waals surface area contributed by atoms with Gasteiger partial charge in [-0.05, 0) is 36.8 Å². The fourth-order valence-corrected chi connectivity index (χ4v) is 5.21. The second kappa shape index (κ2) is 10.3. The molecule has 31 heavy (non-hydrogen) atoms. The molecule has 0 spiro atoms. The Balaban J connectivity index is 1.17. The van der Waals surface area contributed by atoms with E-state index in [4.69, 9.17) is 0 Å². The highest BCUT2D eigenvalue weighted by atomic mass is 16.2. The highest BCUT2D eigenvalue weighted by Crippen LogP contribution is 2.30. The summed E-state index contributed by atoms with van der Waals surface area (Å²) in [6.07, 6.45) is 12.1. The largest absolute Gasteiger partial charge is 0.353 e. The van der Waals surface area contributed by atoms with Crippen LogP contribution in [0.15, 0.2) is 24.3 Å². The van der Waals surface area contributed by atoms with Gasteiger partial charge in [0, 0.05) is 32.0 Å². The number of carbonyl (C=O) groups is 3. The average Bonchev–Trinajstić information content (AvgIpc) is 2.98. The summed E-state index contributed by atoms with van der Waals surface area (Å²) in [6.45, 7) is 0.967. The summed E-state index contributed by atoms with van der Waals surface area (Å²) < 4.78 is 0. The average molecular weight is 426 g/mol. The Morgan fingerprint density at radius 3 is 2.42 bits per heavy atom. The Bertz CT molecular complexity index is 758. The van der Waals surface area contributed by atoms with Crippen molar-refractivity contribution < 1.29 is 14.4 Å². The number of nitrogens with zero attached hydrogens (tertiary/aromatic N) is 2. The standard InChI is InChI=1S/C25H35N3O3/c29-23(26-21-13-5-2-1-3-6-14-21)15-7-4-10-16-27-24(30)22-17-19-11-8-9-12-20(19)18-28(22)25(27)31/h8-9,11-12,21-22H,1-7,10,13-18H2,(H,26,29). The number of nitrogens with one attached hydrogen (secondary N) is 1. The maximum atomic E-state index is 12.8. The minimum Gasteiger partial charge on any atom is -0.353 e. The van der Waals surface area contributed by atoms with E-state index in [1.807, 2.05) is 18.2 Å². The third-order valence-corrected chi connectivity index (χ3v) is 7.03. The Labute approximate surface area is 185 Å². The molecule has 4 rings (SSSR count). The maximum absolute atomic E-state index is 12.8. The molecule has 6 heteroatoms. The molecular formula is C25H35N3O3. The first kappa shape index (κ1) is 21.8. The predicted molar refractivity (Wildman–Crippen MR) is 119 cm³/mol. The highest BCUT2D eigenvalue weighted by molar-refractivity contribution is 6.04. The van der Waals surface area contributed by atoms with Crippen molar-refractivity contribution in [2.75, 3.05) is 6.54 Å². The third kappa shape index (κ3) is 5.28. The number of amides is 4. The predicted octanol–water partition coefficient (Wildman–Crippen LogP) is 4.17. The van der Waals surface area contributed by atoms with E-state index in [1.54, 1.807) is 4.90 Å². The lowest BCUT2D eigenvalue weighted by Crippen LogP contribution is -2.39. The van der Waals surface area contributed by atoms with Crippen molar-refractivity contribution in [3.63, 3.8) is 0 Å². The molecule has 0 bridgehead atoms. The molecule has 2 aliphatic heterocycles. The third-order valence-electron chi connectivity index (χ3n) is 7.03. The van der Waals surface area contributed by atoms with Crippen molar-refractivity contribution in [2.24, 2.45) is 0 Å². The molecule has 0 radical (unpaired) electrons. The van der Waals surface area contributed by atoms with Crippen molar-refractivity contribution in [1.29, 1.82) is 0 Å². The fraction of sp³-hybridized carbons (Fsp3) is 0.640. The van der Waals surface area contributed by atoms with Gasteiger partial charge >= 0.3 is 6.03 Å². The van der Waals surface area contributed by atoms with Gasteiger partial charge in [0.1, 0.15) is 6.04 Å². The normalized spacial score (nSPS) is 22.0. The first-order chi connectivity index (χ1) is 15.1. The van der Waals surface area contributed by atoms with Crippen LogP contribution in [0.2, 0.25) is 0 Å². The van der Waals surface area contributed by atoms with Crippen molar-refractivity contribution in [3.8, 4) is 0 Å². The zero-order valence-corrected chi connectivity index (χ0v) is 18.5. The number of hydrogen-bond donors (Lipinski definition) is 1. The number of hydrogen-bond acceptors (Lipinski definition) is 3. The monoisotopic (exact) mass is 425 g/mol. The summed E-state index contributed by atoms with van der Waals surface area (Å²) in [6, 6.07) is 7.88. The van der Waals surface area contributed by atoms with Crippen LogP contribution in [0.3, 0.4) is 0 Å². The molecule has 1 N–H and O–H groups in total. The van der Waals surface area contributed by atoms with Crippen LogP contribution < -0.4 is 5.32 Å². The molecule has 1 unspecified atom stereocenters. The van der Waals surface area contributed by atoms with E-state index in [0.717, 1.165) is 37.7 Å². The number of fused-ring (bicyclic) bond motifs is 2. The van der Waals surface area contributed by atoms with Gasteiger partial charge in [0.25, 0.3) is 5.91 Å². The summed E-state index contributed by atoms with van der Waals surface area (Å²) >= 11 is 0. The molecule has 1 aromatic carbocycles. The molecule has 3 aliphatic rings. The van der Waals surface area contributed by atoms with Crippen LogP contribution in [-0.4, -0.2) is 46.3 Å². The minimum atomic E-state index is -0.350. The number of benzene rings is 1. The quantitative estimate of drug-likeness (QED) is 0.527. The van der Waals surface area contributed by atoms with E-state index in [-0.39, 0.29) is 23.9 Å². The summed E-state index contributed by atoms with van der Waals surface area (Å²) in [5.41, 5.74) is 2.30. The van der Waals surface area contributed by atoms with Crippen LogP contribution in [0, 0.1) is 0 Å². The van der Waals surface area contributed by atoms with E-state index in [2.05, 4.69) is 11.4 Å². The molecule has 4 amide bonds. The molecule has 1 atom stereocenters. The molecule has 1 aliphatic carbocycles. The number of rotatable bonds is 7. The molecule has 6 nitrogen and oxygen atoms in total. The lowest BCUT2D eigenvalue weighted by molar-refractivity contribution is -0.128. The minimum absolute atomic E-state index is 0.0680. The van der Waals surface area contributed by atoms with Crippen molar-refractivity contribution in [3.05, 3.63) is 35.4 Å². The van der Waals surface area contributed by atoms with Crippen LogP contribution in [-0.2, 0) is 22.6 Å². The van der Waals surface area contributed by atoms with Gasteiger partial charge in [-0.25, -0.2) is 4.79 Å². The Morgan fingerprint density at radius 2 is 1.65 bits per heavy atom. The SMILES string of the molecule is O=C(CCCCCN1C(=O)C2Cc3ccccc3CN2C1=O)NC1CCCCCCC1. The number of carbonyl (C=O) groups excluding carboxylic acids is 3. The lowest BCUT2D eigenvalue weighted by Gasteiger charge is -2.28. The maximum Gasteiger partial charge on any atom is 0.327 e. The Hall–Kier alpha value is -2.37. The van der Waals surface area contributed by atoms with Gasteiger partial charge in [-0.15, -0.1) is 0 Å². The second-order valence-electron chi connectivity index (χ2n) is 9.31. The molecule has 168 valence electrons. The molecule has 2 fully saturated rings. The molecule has 1 aromatic rings. The fourth-order valence-electron chi connectivity index (χ4n) is 5.21. The van der Waals surface area contributed by atoms with Crippen LogP contribution in [0.5, 0.6) is 0 Å². The molecular weight excluding hydrogens is 390 g/mol. The van der Waals surface area contributed by atoms with E-state index in [0.29, 0.717) is 32.0 Å². The van der Waals surface area contributed by atoms with Gasteiger partial charge in [-0.2, -0.15) is 0 Å². The zero-order valence-electron chi connectivity index (χ0n) is 18.5. The summed E-state index contributed by atoms with van der Waals surface area (Å²) in [4.78, 5) is 41.0. The summed E-state index contributed by atoms with van der Waals surface area (Å²) in [7, 11) is 0. The number of unbranched alkanes of at least 4 members (excludes halogenated alkanes) is 2. The van der Waals surface area contributed by atoms with Crippen molar-refractivity contribution >= 4 is 17.8 Å². The molecule has 0 aromatic heterocycles. The Kier molecular flexibility index (Phi) is 7.25. The van der Waals surface area contributed by atoms with Gasteiger partial charge < -0.3 is 10.2 Å². The van der Waals surface area contributed by atoms with Crippen LogP contribution in [0.4, 0.5) is 4.79 Å². The van der Waals surface area contributed by atoms with Crippen LogP contribution in [0.25, 0.3) is 0 Å². The second-order valence-corrected chi connectivity index (χ2v) is 9.31. The Morgan fingerprint density at radius 1 is 0.935 bits per heavy atom. The lowest BCUT2D eigenvalue weighted by atomic mass is 9.95. The van der Waals surface area contributed by atoms with E-state index < -0.39 is 0 Å².